The fraction of sp³-hybridized carbons (Fsp3) is 1.00. The molecule has 0 aromatic heterocycles. The number of nitrogens with zero attached hydrogens (tertiary/aromatic N) is 2. The molecule has 2 aliphatic heterocycles. The fourth-order valence-electron chi connectivity index (χ4n) is 7.28. The van der Waals surface area contributed by atoms with Crippen LogP contribution >= 0.6 is 0 Å². The lowest BCUT2D eigenvalue weighted by molar-refractivity contribution is -0.0358. The summed E-state index contributed by atoms with van der Waals surface area (Å²) in [6.07, 6.45) is 8.49. The first kappa shape index (κ1) is 20.6. The van der Waals surface area contributed by atoms with Gasteiger partial charge in [-0.25, -0.2) is 0 Å². The highest BCUT2D eigenvalue weighted by molar-refractivity contribution is 5.09. The number of fused-ring (bicyclic) bond motifs is 2. The van der Waals surface area contributed by atoms with E-state index < -0.39 is 0 Å². The highest BCUT2D eigenvalue weighted by Gasteiger charge is 2.55. The maximum Gasteiger partial charge on any atom is 0.0181 e. The van der Waals surface area contributed by atoms with Crippen LogP contribution < -0.4 is 0 Å². The Morgan fingerprint density at radius 1 is 0.885 bits per heavy atom. The van der Waals surface area contributed by atoms with Gasteiger partial charge in [0.05, 0.1) is 0 Å². The van der Waals surface area contributed by atoms with Crippen molar-refractivity contribution >= 4 is 0 Å². The van der Waals surface area contributed by atoms with Crippen LogP contribution in [-0.2, 0) is 0 Å². The first-order valence-corrected chi connectivity index (χ1v) is 11.5. The second-order valence-corrected chi connectivity index (χ2v) is 12.0. The van der Waals surface area contributed by atoms with Crippen molar-refractivity contribution in [2.45, 2.75) is 137 Å². The summed E-state index contributed by atoms with van der Waals surface area (Å²) in [6, 6.07) is 3.82. The molecule has 0 aromatic rings. The lowest BCUT2D eigenvalue weighted by atomic mass is 9.76. The minimum atomic E-state index is 0.307. The van der Waals surface area contributed by atoms with Gasteiger partial charge in [-0.3, -0.25) is 9.80 Å². The van der Waals surface area contributed by atoms with Crippen LogP contribution in [0, 0.1) is 17.3 Å². The zero-order chi connectivity index (χ0) is 19.4. The number of hydrogen-bond acceptors (Lipinski definition) is 2. The minimum absolute atomic E-state index is 0.307. The van der Waals surface area contributed by atoms with E-state index in [1.165, 1.54) is 38.5 Å². The van der Waals surface area contributed by atoms with Crippen molar-refractivity contribution in [2.24, 2.45) is 17.3 Å². The van der Waals surface area contributed by atoms with Crippen molar-refractivity contribution in [3.8, 4) is 0 Å². The zero-order valence-corrected chi connectivity index (χ0v) is 19.2. The average molecular weight is 363 g/mol. The monoisotopic (exact) mass is 362 g/mol. The predicted octanol–water partition coefficient (Wildman–Crippen LogP) is 5.95. The lowest BCUT2D eigenvalue weighted by Crippen LogP contribution is -2.59. The highest BCUT2D eigenvalue weighted by Crippen LogP contribution is 2.52. The van der Waals surface area contributed by atoms with Crippen molar-refractivity contribution in [3.05, 3.63) is 0 Å². The molecule has 1 saturated carbocycles. The smallest absolute Gasteiger partial charge is 0.0181 e. The van der Waals surface area contributed by atoms with E-state index in [-0.39, 0.29) is 0 Å². The van der Waals surface area contributed by atoms with E-state index in [4.69, 9.17) is 0 Å². The normalized spacial score (nSPS) is 36.8. The van der Waals surface area contributed by atoms with Crippen LogP contribution in [0.2, 0.25) is 0 Å². The number of piperidine rings is 1. The van der Waals surface area contributed by atoms with Gasteiger partial charge in [0.25, 0.3) is 0 Å². The van der Waals surface area contributed by atoms with Crippen LogP contribution in [0.5, 0.6) is 0 Å². The topological polar surface area (TPSA) is 6.48 Å². The van der Waals surface area contributed by atoms with Gasteiger partial charge < -0.3 is 0 Å². The zero-order valence-electron chi connectivity index (χ0n) is 19.2. The van der Waals surface area contributed by atoms with Crippen LogP contribution in [0.25, 0.3) is 0 Å². The summed E-state index contributed by atoms with van der Waals surface area (Å²) in [6.45, 7) is 22.2. The molecule has 3 rings (SSSR count). The molecule has 2 saturated heterocycles. The Morgan fingerprint density at radius 2 is 1.54 bits per heavy atom. The molecule has 0 radical (unpaired) electrons. The summed E-state index contributed by atoms with van der Waals surface area (Å²) in [7, 11) is 0. The van der Waals surface area contributed by atoms with E-state index in [0.29, 0.717) is 17.0 Å². The molecule has 152 valence electrons. The van der Waals surface area contributed by atoms with Crippen molar-refractivity contribution in [2.75, 3.05) is 0 Å². The minimum Gasteiger partial charge on any atom is -0.295 e. The third kappa shape index (κ3) is 3.62. The molecular formula is C24H46N2. The summed E-state index contributed by atoms with van der Waals surface area (Å²) in [4.78, 5) is 5.88. The largest absolute Gasteiger partial charge is 0.295 e. The lowest BCUT2D eigenvalue weighted by Gasteiger charge is -2.52. The first-order chi connectivity index (χ1) is 11.9. The third-order valence-electron chi connectivity index (χ3n) is 7.87. The molecule has 0 spiro atoms. The molecule has 4 unspecified atom stereocenters. The van der Waals surface area contributed by atoms with Crippen molar-refractivity contribution in [3.63, 3.8) is 0 Å². The molecule has 0 amide bonds. The van der Waals surface area contributed by atoms with E-state index in [9.17, 15) is 0 Å². The number of rotatable bonds is 5. The van der Waals surface area contributed by atoms with Gasteiger partial charge in [-0.2, -0.15) is 0 Å². The van der Waals surface area contributed by atoms with E-state index in [2.05, 4.69) is 72.1 Å². The van der Waals surface area contributed by atoms with Gasteiger partial charge in [-0.05, 0) is 83.5 Å². The molecule has 3 aliphatic rings. The Hall–Kier alpha value is -0.0800. The summed E-state index contributed by atoms with van der Waals surface area (Å²) in [5.74, 6) is 1.71. The van der Waals surface area contributed by atoms with Gasteiger partial charge in [-0.15, -0.1) is 0 Å². The number of hydrogen-bond donors (Lipinski definition) is 0. The molecule has 1 aliphatic carbocycles. The van der Waals surface area contributed by atoms with E-state index in [0.717, 1.165) is 36.0 Å². The van der Waals surface area contributed by atoms with Crippen molar-refractivity contribution in [1.82, 2.24) is 9.80 Å². The Labute approximate surface area is 164 Å². The van der Waals surface area contributed by atoms with Gasteiger partial charge in [0.1, 0.15) is 0 Å². The second-order valence-electron chi connectivity index (χ2n) is 12.0. The maximum absolute atomic E-state index is 3.00. The third-order valence-corrected chi connectivity index (χ3v) is 7.87. The first-order valence-electron chi connectivity index (χ1n) is 11.5. The van der Waals surface area contributed by atoms with Crippen LogP contribution in [0.4, 0.5) is 0 Å². The van der Waals surface area contributed by atoms with Gasteiger partial charge >= 0.3 is 0 Å². The van der Waals surface area contributed by atoms with Gasteiger partial charge in [-0.1, -0.05) is 34.6 Å². The molecule has 3 fully saturated rings. The summed E-state index contributed by atoms with van der Waals surface area (Å²) in [5, 5.41) is 0. The van der Waals surface area contributed by atoms with Crippen LogP contribution in [-0.4, -0.2) is 45.5 Å². The molecule has 2 nitrogen and oxygen atoms in total. The maximum atomic E-state index is 3.00. The number of likely N-dealkylation sites (tertiary alicyclic amines) is 2. The SMILES string of the molecule is CC(C)[C@@H]1CCC(CC(C)(C)N2C3CCC(C3)C2C(C)(C)C)N1C(C)C. The fourth-order valence-corrected chi connectivity index (χ4v) is 7.28. The Bertz CT molecular complexity index is 487. The van der Waals surface area contributed by atoms with Crippen LogP contribution in [0.3, 0.4) is 0 Å². The molecule has 0 N–H and O–H groups in total. The molecular weight excluding hydrogens is 316 g/mol. The molecule has 2 bridgehead atoms. The van der Waals surface area contributed by atoms with Gasteiger partial charge in [0.2, 0.25) is 0 Å². The Balaban J connectivity index is 1.80. The molecule has 2 heteroatoms. The van der Waals surface area contributed by atoms with Crippen molar-refractivity contribution in [1.29, 1.82) is 0 Å². The summed E-state index contributed by atoms with van der Waals surface area (Å²) in [5.41, 5.74) is 0.701. The molecule has 26 heavy (non-hydrogen) atoms. The standard InChI is InChI=1S/C24H46N2/c1-16(2)21-13-12-20(25(21)17(3)4)15-24(8,9)26-19-11-10-18(14-19)22(26)23(5,6)7/h16-22H,10-15H2,1-9H3/t18?,19?,20?,21-,22?/m0/s1. The summed E-state index contributed by atoms with van der Waals surface area (Å²) < 4.78 is 0. The predicted molar refractivity (Wildman–Crippen MR) is 114 cm³/mol. The van der Waals surface area contributed by atoms with Crippen LogP contribution in [0.15, 0.2) is 0 Å². The average Bonchev–Trinajstić information content (AvgIpc) is 3.18. The van der Waals surface area contributed by atoms with E-state index >= 15 is 0 Å². The van der Waals surface area contributed by atoms with Gasteiger partial charge in [0.15, 0.2) is 0 Å². The Kier molecular flexibility index (Phi) is 5.61. The highest BCUT2D eigenvalue weighted by atomic mass is 15.3. The van der Waals surface area contributed by atoms with Crippen molar-refractivity contribution < 1.29 is 0 Å². The quantitative estimate of drug-likeness (QED) is 0.596. The molecule has 2 heterocycles. The molecule has 5 atom stereocenters. The van der Waals surface area contributed by atoms with Crippen LogP contribution in [0.1, 0.15) is 101 Å². The second kappa shape index (κ2) is 7.07. The Morgan fingerprint density at radius 3 is 2.08 bits per heavy atom. The van der Waals surface area contributed by atoms with E-state index in [1.54, 1.807) is 0 Å². The molecule has 0 aromatic carbocycles. The van der Waals surface area contributed by atoms with E-state index in [1.807, 2.05) is 0 Å². The summed E-state index contributed by atoms with van der Waals surface area (Å²) >= 11 is 0. The van der Waals surface area contributed by atoms with Gasteiger partial charge in [0, 0.05) is 35.7 Å².